The standard InChI is InChI=1S/C7H11NO2/c1-4-5-10-6-7(9)8(2)3/h1H,5-6H2,2-3H3. The Bertz CT molecular complexity index is 146. The summed E-state index contributed by atoms with van der Waals surface area (Å²) in [6, 6.07) is 0. The van der Waals surface area contributed by atoms with Gasteiger partial charge in [-0.2, -0.15) is 0 Å². The van der Waals surface area contributed by atoms with Gasteiger partial charge < -0.3 is 9.64 Å². The highest BCUT2D eigenvalue weighted by atomic mass is 16.5. The fraction of sp³-hybridized carbons (Fsp3) is 0.571. The van der Waals surface area contributed by atoms with E-state index in [4.69, 9.17) is 11.2 Å². The maximum atomic E-state index is 10.7. The summed E-state index contributed by atoms with van der Waals surface area (Å²) in [6.45, 7) is 0.261. The maximum Gasteiger partial charge on any atom is 0.248 e. The van der Waals surface area contributed by atoms with Crippen LogP contribution in [0.15, 0.2) is 0 Å². The molecular weight excluding hydrogens is 130 g/mol. The maximum absolute atomic E-state index is 10.7. The molecule has 0 fully saturated rings. The molecule has 0 rings (SSSR count). The lowest BCUT2D eigenvalue weighted by atomic mass is 10.6. The van der Waals surface area contributed by atoms with Crippen LogP contribution in [-0.4, -0.2) is 38.1 Å². The van der Waals surface area contributed by atoms with Crippen LogP contribution in [0.25, 0.3) is 0 Å². The van der Waals surface area contributed by atoms with Gasteiger partial charge in [-0.05, 0) is 0 Å². The van der Waals surface area contributed by atoms with Gasteiger partial charge in [0.05, 0.1) is 0 Å². The number of ether oxygens (including phenoxy) is 1. The van der Waals surface area contributed by atoms with E-state index < -0.39 is 0 Å². The number of likely N-dealkylation sites (N-methyl/N-ethyl adjacent to an activating group) is 1. The Kier molecular flexibility index (Phi) is 4.34. The van der Waals surface area contributed by atoms with Crippen LogP contribution in [0, 0.1) is 12.3 Å². The molecule has 0 atom stereocenters. The molecule has 0 aromatic heterocycles. The van der Waals surface area contributed by atoms with Crippen molar-refractivity contribution >= 4 is 5.91 Å². The molecule has 0 radical (unpaired) electrons. The van der Waals surface area contributed by atoms with Gasteiger partial charge in [0.1, 0.15) is 13.2 Å². The first-order valence-electron chi connectivity index (χ1n) is 2.90. The second kappa shape index (κ2) is 4.83. The lowest BCUT2D eigenvalue weighted by molar-refractivity contribution is -0.133. The Morgan fingerprint density at radius 3 is 2.70 bits per heavy atom. The van der Waals surface area contributed by atoms with Crippen molar-refractivity contribution in [3.63, 3.8) is 0 Å². The Balaban J connectivity index is 3.33. The molecule has 0 unspecified atom stereocenters. The fourth-order valence-electron chi connectivity index (χ4n) is 0.326. The van der Waals surface area contributed by atoms with Crippen LogP contribution in [0.2, 0.25) is 0 Å². The molecule has 0 aliphatic carbocycles. The van der Waals surface area contributed by atoms with Crippen LogP contribution in [0.4, 0.5) is 0 Å². The summed E-state index contributed by atoms with van der Waals surface area (Å²) in [7, 11) is 3.34. The zero-order valence-corrected chi connectivity index (χ0v) is 6.26. The number of carbonyl (C=O) groups is 1. The minimum Gasteiger partial charge on any atom is -0.359 e. The number of nitrogens with zero attached hydrogens (tertiary/aromatic N) is 1. The highest BCUT2D eigenvalue weighted by molar-refractivity contribution is 5.76. The van der Waals surface area contributed by atoms with Gasteiger partial charge in [0, 0.05) is 14.1 Å². The molecule has 0 bridgehead atoms. The fourth-order valence-corrected chi connectivity index (χ4v) is 0.326. The van der Waals surface area contributed by atoms with Crippen molar-refractivity contribution in [2.45, 2.75) is 0 Å². The monoisotopic (exact) mass is 141 g/mol. The molecule has 0 spiro atoms. The van der Waals surface area contributed by atoms with E-state index in [1.54, 1.807) is 14.1 Å². The zero-order valence-electron chi connectivity index (χ0n) is 6.26. The van der Waals surface area contributed by atoms with E-state index in [9.17, 15) is 4.79 Å². The molecule has 56 valence electrons. The first-order valence-corrected chi connectivity index (χ1v) is 2.90. The largest absolute Gasteiger partial charge is 0.359 e. The quantitative estimate of drug-likeness (QED) is 0.400. The van der Waals surface area contributed by atoms with Gasteiger partial charge in [-0.15, -0.1) is 6.42 Å². The van der Waals surface area contributed by atoms with E-state index in [1.165, 1.54) is 4.90 Å². The van der Waals surface area contributed by atoms with Crippen molar-refractivity contribution in [1.82, 2.24) is 4.90 Å². The third kappa shape index (κ3) is 3.93. The molecule has 0 aliphatic heterocycles. The number of hydrogen-bond acceptors (Lipinski definition) is 2. The van der Waals surface area contributed by atoms with Crippen molar-refractivity contribution in [2.24, 2.45) is 0 Å². The first-order chi connectivity index (χ1) is 4.68. The summed E-state index contributed by atoms with van der Waals surface area (Å²) < 4.78 is 4.78. The van der Waals surface area contributed by atoms with Crippen molar-refractivity contribution in [3.05, 3.63) is 0 Å². The lowest BCUT2D eigenvalue weighted by Gasteiger charge is -2.08. The van der Waals surface area contributed by atoms with E-state index in [-0.39, 0.29) is 19.1 Å². The average Bonchev–Trinajstić information content (AvgIpc) is 1.88. The summed E-state index contributed by atoms with van der Waals surface area (Å²) in [5.74, 6) is 2.20. The van der Waals surface area contributed by atoms with Crippen LogP contribution in [0.3, 0.4) is 0 Å². The summed E-state index contributed by atoms with van der Waals surface area (Å²) in [4.78, 5) is 12.2. The molecule has 3 nitrogen and oxygen atoms in total. The van der Waals surface area contributed by atoms with Crippen molar-refractivity contribution in [1.29, 1.82) is 0 Å². The van der Waals surface area contributed by atoms with Crippen LogP contribution >= 0.6 is 0 Å². The molecular formula is C7H11NO2. The minimum atomic E-state index is -0.0738. The molecule has 0 aliphatic rings. The number of terminal acetylenes is 1. The number of rotatable bonds is 3. The van der Waals surface area contributed by atoms with E-state index in [2.05, 4.69) is 5.92 Å². The molecule has 0 aromatic carbocycles. The smallest absolute Gasteiger partial charge is 0.248 e. The van der Waals surface area contributed by atoms with E-state index in [0.717, 1.165) is 0 Å². The Hall–Kier alpha value is -1.01. The van der Waals surface area contributed by atoms with Gasteiger partial charge in [0.2, 0.25) is 5.91 Å². The number of hydrogen-bond donors (Lipinski definition) is 0. The van der Waals surface area contributed by atoms with Gasteiger partial charge in [-0.1, -0.05) is 5.92 Å². The van der Waals surface area contributed by atoms with Crippen LogP contribution in [0.5, 0.6) is 0 Å². The molecule has 0 saturated carbocycles. The third-order valence-electron chi connectivity index (χ3n) is 0.910. The van der Waals surface area contributed by atoms with Gasteiger partial charge in [-0.25, -0.2) is 0 Å². The van der Waals surface area contributed by atoms with E-state index >= 15 is 0 Å². The minimum absolute atomic E-state index is 0.0667. The predicted octanol–water partition coefficient (Wildman–Crippen LogP) is -0.276. The first kappa shape index (κ1) is 8.99. The van der Waals surface area contributed by atoms with Gasteiger partial charge in [0.25, 0.3) is 0 Å². The van der Waals surface area contributed by atoms with E-state index in [1.807, 2.05) is 0 Å². The van der Waals surface area contributed by atoms with Crippen LogP contribution in [0.1, 0.15) is 0 Å². The van der Waals surface area contributed by atoms with Crippen molar-refractivity contribution in [3.8, 4) is 12.3 Å². The summed E-state index contributed by atoms with van der Waals surface area (Å²) in [5, 5.41) is 0. The second-order valence-electron chi connectivity index (χ2n) is 1.99. The molecule has 1 amide bonds. The van der Waals surface area contributed by atoms with Gasteiger partial charge in [0.15, 0.2) is 0 Å². The zero-order chi connectivity index (χ0) is 7.98. The normalized spacial score (nSPS) is 8.50. The molecule has 10 heavy (non-hydrogen) atoms. The predicted molar refractivity (Wildman–Crippen MR) is 38.3 cm³/mol. The van der Waals surface area contributed by atoms with E-state index in [0.29, 0.717) is 0 Å². The van der Waals surface area contributed by atoms with Crippen LogP contribution < -0.4 is 0 Å². The average molecular weight is 141 g/mol. The highest BCUT2D eigenvalue weighted by Crippen LogP contribution is 1.79. The molecule has 3 heteroatoms. The highest BCUT2D eigenvalue weighted by Gasteiger charge is 2.01. The molecule has 0 saturated heterocycles. The van der Waals surface area contributed by atoms with Crippen molar-refractivity contribution in [2.75, 3.05) is 27.3 Å². The third-order valence-corrected chi connectivity index (χ3v) is 0.910. The molecule has 0 heterocycles. The summed E-state index contributed by atoms with van der Waals surface area (Å²) in [5.41, 5.74) is 0. The van der Waals surface area contributed by atoms with Crippen LogP contribution in [-0.2, 0) is 9.53 Å². The van der Waals surface area contributed by atoms with Gasteiger partial charge >= 0.3 is 0 Å². The Morgan fingerprint density at radius 2 is 2.30 bits per heavy atom. The Labute approximate surface area is 61.0 Å². The topological polar surface area (TPSA) is 29.5 Å². The number of amides is 1. The number of carbonyl (C=O) groups excluding carboxylic acids is 1. The van der Waals surface area contributed by atoms with Crippen molar-refractivity contribution < 1.29 is 9.53 Å². The second-order valence-corrected chi connectivity index (χ2v) is 1.99. The van der Waals surface area contributed by atoms with Gasteiger partial charge in [-0.3, -0.25) is 4.79 Å². The SMILES string of the molecule is C#CCOCC(=O)N(C)C. The molecule has 0 N–H and O–H groups in total. The lowest BCUT2D eigenvalue weighted by Crippen LogP contribution is -2.26. The molecule has 0 aromatic rings. The Morgan fingerprint density at radius 1 is 1.70 bits per heavy atom. The summed E-state index contributed by atoms with van der Waals surface area (Å²) >= 11 is 0. The summed E-state index contributed by atoms with van der Waals surface area (Å²) in [6.07, 6.45) is 4.89.